The van der Waals surface area contributed by atoms with E-state index >= 15 is 0 Å². The van der Waals surface area contributed by atoms with Gasteiger partial charge >= 0.3 is 5.97 Å². The van der Waals surface area contributed by atoms with E-state index in [-0.39, 0.29) is 10.9 Å². The van der Waals surface area contributed by atoms with Crippen LogP contribution in [0.2, 0.25) is 0 Å². The Kier molecular flexibility index (Phi) is 3.57. The van der Waals surface area contributed by atoms with E-state index in [4.69, 9.17) is 5.11 Å². The van der Waals surface area contributed by atoms with Crippen LogP contribution in [0.3, 0.4) is 0 Å². The molecule has 1 heterocycles. The first-order valence-corrected chi connectivity index (χ1v) is 4.93. The number of hydrogen-bond donors (Lipinski definition) is 2. The number of alkyl halides is 3. The number of aromatic amines is 1. The summed E-state index contributed by atoms with van der Waals surface area (Å²) in [5.41, 5.74) is -2.60. The van der Waals surface area contributed by atoms with Gasteiger partial charge in [0.25, 0.3) is 12.0 Å². The molecule has 1 aromatic rings. The Morgan fingerprint density at radius 3 is 2.60 bits per heavy atom. The van der Waals surface area contributed by atoms with Crippen molar-refractivity contribution < 1.29 is 18.7 Å². The first-order valence-electron chi connectivity index (χ1n) is 3.81. The Bertz CT molecular complexity index is 444. The van der Waals surface area contributed by atoms with Crippen LogP contribution in [0, 0.1) is 0 Å². The van der Waals surface area contributed by atoms with Crippen molar-refractivity contribution >= 4 is 21.9 Å². The minimum Gasteiger partial charge on any atom is -0.478 e. The number of rotatable bonds is 3. The van der Waals surface area contributed by atoms with Crippen LogP contribution < -0.4 is 5.56 Å². The van der Waals surface area contributed by atoms with E-state index in [9.17, 15) is 18.4 Å². The Balaban J connectivity index is 3.58. The maximum Gasteiger partial charge on any atom is 0.336 e. The third-order valence-electron chi connectivity index (χ3n) is 1.79. The zero-order valence-corrected chi connectivity index (χ0v) is 8.85. The highest BCUT2D eigenvalue weighted by Crippen LogP contribution is 2.22. The van der Waals surface area contributed by atoms with Gasteiger partial charge in [-0.1, -0.05) is 15.9 Å². The van der Waals surface area contributed by atoms with Crippen LogP contribution in [-0.2, 0) is 5.33 Å². The van der Waals surface area contributed by atoms with Crippen molar-refractivity contribution in [2.45, 2.75) is 11.8 Å². The van der Waals surface area contributed by atoms with E-state index in [0.29, 0.717) is 0 Å². The molecule has 0 aromatic carbocycles. The predicted molar refractivity (Wildman–Crippen MR) is 51.6 cm³/mol. The first kappa shape index (κ1) is 11.8. The van der Waals surface area contributed by atoms with Gasteiger partial charge in [0.2, 0.25) is 0 Å². The second-order valence-electron chi connectivity index (χ2n) is 2.67. The highest BCUT2D eigenvalue weighted by Gasteiger charge is 2.24. The van der Waals surface area contributed by atoms with E-state index < -0.39 is 29.1 Å². The fraction of sp³-hybridized carbons (Fsp3) is 0.250. The Morgan fingerprint density at radius 1 is 1.60 bits per heavy atom. The molecule has 0 spiro atoms. The van der Waals surface area contributed by atoms with Crippen LogP contribution in [-0.4, -0.2) is 16.1 Å². The van der Waals surface area contributed by atoms with Crippen molar-refractivity contribution in [3.05, 3.63) is 33.2 Å². The number of carboxylic acids is 1. The van der Waals surface area contributed by atoms with Crippen LogP contribution in [0.15, 0.2) is 11.0 Å². The molecule has 0 bridgehead atoms. The summed E-state index contributed by atoms with van der Waals surface area (Å²) in [5.74, 6) is -1.54. The number of halogens is 3. The third-order valence-corrected chi connectivity index (χ3v) is 2.39. The first-order chi connectivity index (χ1) is 6.99. The van der Waals surface area contributed by atoms with Gasteiger partial charge < -0.3 is 10.1 Å². The van der Waals surface area contributed by atoms with Gasteiger partial charge in [-0.3, -0.25) is 4.79 Å². The van der Waals surface area contributed by atoms with Crippen LogP contribution in [0.5, 0.6) is 0 Å². The summed E-state index contributed by atoms with van der Waals surface area (Å²) < 4.78 is 24.9. The summed E-state index contributed by atoms with van der Waals surface area (Å²) in [5, 5.41) is 8.82. The summed E-state index contributed by atoms with van der Waals surface area (Å²) in [6, 6.07) is 0. The van der Waals surface area contributed by atoms with E-state index in [2.05, 4.69) is 20.9 Å². The van der Waals surface area contributed by atoms with Gasteiger partial charge in [0, 0.05) is 11.5 Å². The highest BCUT2D eigenvalue weighted by atomic mass is 79.9. The average molecular weight is 282 g/mol. The molecule has 82 valence electrons. The van der Waals surface area contributed by atoms with Crippen molar-refractivity contribution in [1.29, 1.82) is 0 Å². The molecule has 0 radical (unpaired) electrons. The molecule has 0 saturated carbocycles. The highest BCUT2D eigenvalue weighted by molar-refractivity contribution is 9.08. The van der Waals surface area contributed by atoms with Crippen molar-refractivity contribution in [2.24, 2.45) is 0 Å². The van der Waals surface area contributed by atoms with Gasteiger partial charge in [0.15, 0.2) is 0 Å². The predicted octanol–water partition coefficient (Wildman–Crippen LogP) is 1.91. The van der Waals surface area contributed by atoms with E-state index in [1.807, 2.05) is 0 Å². The molecule has 0 unspecified atom stereocenters. The molecule has 4 nitrogen and oxygen atoms in total. The molecule has 0 fully saturated rings. The SMILES string of the molecule is O=C(O)c1c(CBr)c[nH]c(=O)c1C(F)F. The maximum atomic E-state index is 12.5. The van der Waals surface area contributed by atoms with Crippen molar-refractivity contribution in [1.82, 2.24) is 4.98 Å². The summed E-state index contributed by atoms with van der Waals surface area (Å²) in [6.07, 6.45) is -2.01. The fourth-order valence-corrected chi connectivity index (χ4v) is 1.60. The van der Waals surface area contributed by atoms with Gasteiger partial charge in [-0.15, -0.1) is 0 Å². The number of nitrogens with one attached hydrogen (secondary N) is 1. The topological polar surface area (TPSA) is 70.2 Å². The largest absolute Gasteiger partial charge is 0.478 e. The lowest BCUT2D eigenvalue weighted by Crippen LogP contribution is -2.20. The number of aromatic nitrogens is 1. The zero-order chi connectivity index (χ0) is 11.6. The molecule has 1 aromatic heterocycles. The number of pyridine rings is 1. The minimum absolute atomic E-state index is 0.0745. The van der Waals surface area contributed by atoms with E-state index in [1.54, 1.807) is 0 Å². The monoisotopic (exact) mass is 281 g/mol. The number of aromatic carboxylic acids is 1. The van der Waals surface area contributed by atoms with Crippen molar-refractivity contribution in [3.8, 4) is 0 Å². The van der Waals surface area contributed by atoms with Gasteiger partial charge in [-0.2, -0.15) is 0 Å². The molecule has 1 rings (SSSR count). The number of H-pyrrole nitrogens is 1. The second kappa shape index (κ2) is 4.52. The average Bonchev–Trinajstić information content (AvgIpc) is 2.16. The molecule has 0 aliphatic rings. The molecule has 2 N–H and O–H groups in total. The Morgan fingerprint density at radius 2 is 2.20 bits per heavy atom. The van der Waals surface area contributed by atoms with Crippen LogP contribution in [0.1, 0.15) is 27.9 Å². The lowest BCUT2D eigenvalue weighted by molar-refractivity contribution is 0.0682. The normalized spacial score (nSPS) is 10.7. The quantitative estimate of drug-likeness (QED) is 0.832. The second-order valence-corrected chi connectivity index (χ2v) is 3.23. The lowest BCUT2D eigenvalue weighted by Gasteiger charge is -2.07. The lowest BCUT2D eigenvalue weighted by atomic mass is 10.1. The Hall–Kier alpha value is -1.24. The van der Waals surface area contributed by atoms with Crippen LogP contribution in [0.25, 0.3) is 0 Å². The van der Waals surface area contributed by atoms with E-state index in [1.165, 1.54) is 0 Å². The van der Waals surface area contributed by atoms with Crippen LogP contribution in [0.4, 0.5) is 8.78 Å². The summed E-state index contributed by atoms with van der Waals surface area (Å²) >= 11 is 2.95. The molecule has 15 heavy (non-hydrogen) atoms. The molecular formula is C8H6BrF2NO3. The van der Waals surface area contributed by atoms with Gasteiger partial charge in [-0.05, 0) is 5.56 Å². The van der Waals surface area contributed by atoms with Gasteiger partial charge in [0.05, 0.1) is 11.1 Å². The van der Waals surface area contributed by atoms with Crippen LogP contribution >= 0.6 is 15.9 Å². The number of carbonyl (C=O) groups is 1. The van der Waals surface area contributed by atoms with Gasteiger partial charge in [-0.25, -0.2) is 13.6 Å². The molecule has 0 aliphatic carbocycles. The van der Waals surface area contributed by atoms with Gasteiger partial charge in [0.1, 0.15) is 0 Å². The minimum atomic E-state index is -3.11. The summed E-state index contributed by atoms with van der Waals surface area (Å²) in [4.78, 5) is 23.9. The molecular weight excluding hydrogens is 276 g/mol. The molecule has 7 heteroatoms. The van der Waals surface area contributed by atoms with Crippen molar-refractivity contribution in [2.75, 3.05) is 0 Å². The third kappa shape index (κ3) is 2.23. The standard InChI is InChI=1S/C8H6BrF2NO3/c9-1-3-2-12-7(13)5(6(10)11)4(3)8(14)15/h2,6H,1H2,(H,12,13)(H,14,15). The number of hydrogen-bond acceptors (Lipinski definition) is 2. The number of carboxylic acid groups (broad SMARTS) is 1. The molecule has 0 amide bonds. The zero-order valence-electron chi connectivity index (χ0n) is 7.26. The van der Waals surface area contributed by atoms with E-state index in [0.717, 1.165) is 6.20 Å². The van der Waals surface area contributed by atoms with Crippen molar-refractivity contribution in [3.63, 3.8) is 0 Å². The molecule has 0 atom stereocenters. The molecule has 0 aliphatic heterocycles. The smallest absolute Gasteiger partial charge is 0.336 e. The molecule has 0 saturated heterocycles. The fourth-order valence-electron chi connectivity index (χ4n) is 1.16. The summed E-state index contributed by atoms with van der Waals surface area (Å²) in [7, 11) is 0. The Labute approximate surface area is 91.1 Å². The summed E-state index contributed by atoms with van der Waals surface area (Å²) in [6.45, 7) is 0. The maximum absolute atomic E-state index is 12.5.